The quantitative estimate of drug-likeness (QED) is 0.673. The largest absolute Gasteiger partial charge is 0.469 e. The lowest BCUT2D eigenvalue weighted by Crippen LogP contribution is -2.11. The molecule has 0 aliphatic rings. The molecule has 0 bridgehead atoms. The van der Waals surface area contributed by atoms with Gasteiger partial charge in [0.05, 0.1) is 7.11 Å². The van der Waals surface area contributed by atoms with Gasteiger partial charge in [-0.15, -0.1) is 0 Å². The lowest BCUT2D eigenvalue weighted by Gasteiger charge is -1.80. The molecule has 0 heterocycles. The van der Waals surface area contributed by atoms with Gasteiger partial charge in [0.1, 0.15) is 5.78 Å². The van der Waals surface area contributed by atoms with Crippen molar-refractivity contribution in [3.8, 4) is 0 Å². The molecule has 17 heavy (non-hydrogen) atoms. The van der Waals surface area contributed by atoms with E-state index in [1.165, 1.54) is 34.8 Å². The topological polar surface area (TPSA) is 72.5 Å². The van der Waals surface area contributed by atoms with Crippen LogP contribution in [0.3, 0.4) is 0 Å². The minimum absolute atomic E-state index is 0. The van der Waals surface area contributed by atoms with Crippen LogP contribution in [0, 0.1) is 0 Å². The normalized spacial score (nSPS) is 5.53. The number of ketones is 1. The number of Topliss-reactive ketones (excluding diaryl/α,β-unsaturated/α-hetero) is 1. The summed E-state index contributed by atoms with van der Waals surface area (Å²) < 4.78 is 4.11. The van der Waals surface area contributed by atoms with Gasteiger partial charge in [0.25, 0.3) is 0 Å². The van der Waals surface area contributed by atoms with Gasteiger partial charge in [-0.2, -0.15) is 0 Å². The lowest BCUT2D eigenvalue weighted by molar-refractivity contribution is -0.138. The minimum atomic E-state index is -0.245. The molecule has 1 N–H and O–H groups in total. The molecule has 0 saturated heterocycles. The highest BCUT2D eigenvalue weighted by Gasteiger charge is 1.75. The van der Waals surface area contributed by atoms with Gasteiger partial charge in [-0.05, 0) is 13.8 Å². The van der Waals surface area contributed by atoms with E-state index in [9.17, 15) is 14.4 Å². The third kappa shape index (κ3) is 341. The molecule has 0 unspecified atom stereocenters. The van der Waals surface area contributed by atoms with Crippen LogP contribution >= 0.6 is 0 Å². The van der Waals surface area contributed by atoms with Crippen molar-refractivity contribution in [2.45, 2.75) is 50.0 Å². The molecular formula is C12H31NO4. The van der Waals surface area contributed by atoms with Crippen LogP contribution in [0.15, 0.2) is 0 Å². The first kappa shape index (κ1) is 36.1. The third-order valence-corrected chi connectivity index (χ3v) is 0.640. The van der Waals surface area contributed by atoms with Crippen molar-refractivity contribution in [2.75, 3.05) is 14.2 Å². The average Bonchev–Trinajstić information content (AvgIpc) is 2.04. The van der Waals surface area contributed by atoms with Crippen molar-refractivity contribution < 1.29 is 19.1 Å². The van der Waals surface area contributed by atoms with Crippen molar-refractivity contribution in [3.05, 3.63) is 0 Å². The van der Waals surface area contributed by atoms with E-state index in [1.54, 1.807) is 7.05 Å². The summed E-state index contributed by atoms with van der Waals surface area (Å²) in [6, 6.07) is 0. The van der Waals surface area contributed by atoms with Gasteiger partial charge < -0.3 is 14.8 Å². The van der Waals surface area contributed by atoms with E-state index in [4.69, 9.17) is 0 Å². The Morgan fingerprint density at radius 3 is 1.00 bits per heavy atom. The standard InChI is InChI=1S/C3H7NO.C3H6O2.C3H6O.3CH4/c1-3(5)4-2;1-3(4)5-2;1-3(2)4;;;/h1-2H3,(H,4,5);1-2H3;1-2H3;3*1H4. The Morgan fingerprint density at radius 2 is 1.00 bits per heavy atom. The maximum Gasteiger partial charge on any atom is 0.302 e. The zero-order chi connectivity index (χ0) is 12.1. The van der Waals surface area contributed by atoms with Crippen molar-refractivity contribution in [2.24, 2.45) is 0 Å². The second-order valence-electron chi connectivity index (χ2n) is 2.41. The summed E-state index contributed by atoms with van der Waals surface area (Å²) in [6.07, 6.45) is 0. The van der Waals surface area contributed by atoms with Gasteiger partial charge in [0.2, 0.25) is 5.91 Å². The third-order valence-electron chi connectivity index (χ3n) is 0.640. The smallest absolute Gasteiger partial charge is 0.302 e. The summed E-state index contributed by atoms with van der Waals surface area (Å²) in [4.78, 5) is 28.7. The summed E-state index contributed by atoms with van der Waals surface area (Å²) in [6.45, 7) is 5.89. The van der Waals surface area contributed by atoms with E-state index in [0.29, 0.717) is 0 Å². The lowest BCUT2D eigenvalue weighted by atomic mass is 10.6. The molecule has 0 radical (unpaired) electrons. The molecule has 5 nitrogen and oxygen atoms in total. The summed E-state index contributed by atoms with van der Waals surface area (Å²) in [5.41, 5.74) is 0. The van der Waals surface area contributed by atoms with E-state index >= 15 is 0 Å². The van der Waals surface area contributed by atoms with Gasteiger partial charge in [-0.3, -0.25) is 9.59 Å². The molecular weight excluding hydrogens is 222 g/mol. The molecule has 0 aromatic rings. The second-order valence-corrected chi connectivity index (χ2v) is 2.41. The Labute approximate surface area is 107 Å². The molecule has 0 spiro atoms. The van der Waals surface area contributed by atoms with E-state index < -0.39 is 0 Å². The van der Waals surface area contributed by atoms with Crippen molar-refractivity contribution in [3.63, 3.8) is 0 Å². The van der Waals surface area contributed by atoms with Crippen LogP contribution in [0.2, 0.25) is 0 Å². The van der Waals surface area contributed by atoms with Crippen LogP contribution in [0.1, 0.15) is 50.0 Å². The number of carbonyl (C=O) groups is 3. The molecule has 0 aromatic heterocycles. The SMILES string of the molecule is C.C.C.CC(C)=O.CNC(C)=O.COC(C)=O. The fourth-order valence-corrected chi connectivity index (χ4v) is 0. The first-order chi connectivity index (χ1) is 6.27. The van der Waals surface area contributed by atoms with Gasteiger partial charge >= 0.3 is 5.97 Å². The molecule has 1 amide bonds. The number of amides is 1. The highest BCUT2D eigenvalue weighted by Crippen LogP contribution is 1.60. The van der Waals surface area contributed by atoms with E-state index in [-0.39, 0.29) is 39.9 Å². The highest BCUT2D eigenvalue weighted by atomic mass is 16.5. The van der Waals surface area contributed by atoms with E-state index in [1.807, 2.05) is 0 Å². The number of esters is 1. The Kier molecular flexibility index (Phi) is 62.2. The van der Waals surface area contributed by atoms with Crippen LogP contribution in [-0.4, -0.2) is 31.8 Å². The molecule has 0 saturated carbocycles. The predicted octanol–water partition coefficient (Wildman–Crippen LogP) is 2.44. The minimum Gasteiger partial charge on any atom is -0.469 e. The number of hydrogen-bond acceptors (Lipinski definition) is 4. The van der Waals surface area contributed by atoms with E-state index in [0.717, 1.165) is 0 Å². The Morgan fingerprint density at radius 1 is 0.882 bits per heavy atom. The average molecular weight is 253 g/mol. The van der Waals surface area contributed by atoms with Crippen molar-refractivity contribution in [1.82, 2.24) is 5.32 Å². The van der Waals surface area contributed by atoms with Gasteiger partial charge in [-0.1, -0.05) is 22.3 Å². The zero-order valence-corrected chi connectivity index (χ0v) is 9.63. The number of hydrogen-bond donors (Lipinski definition) is 1. The maximum absolute atomic E-state index is 9.70. The molecule has 5 heteroatoms. The Balaban J connectivity index is -0.0000000247. The Hall–Kier alpha value is -1.39. The molecule has 0 fully saturated rings. The van der Waals surface area contributed by atoms with Crippen LogP contribution in [0.5, 0.6) is 0 Å². The van der Waals surface area contributed by atoms with E-state index in [2.05, 4.69) is 10.1 Å². The fraction of sp³-hybridized carbons (Fsp3) is 0.750. The summed E-state index contributed by atoms with van der Waals surface area (Å²) in [5.74, 6) is -0.0741. The van der Waals surface area contributed by atoms with Crippen molar-refractivity contribution in [1.29, 1.82) is 0 Å². The number of ether oxygens (including phenoxy) is 1. The number of nitrogens with one attached hydrogen (secondary N) is 1. The van der Waals surface area contributed by atoms with Gasteiger partial charge in [0, 0.05) is 20.9 Å². The van der Waals surface area contributed by atoms with Gasteiger partial charge in [-0.25, -0.2) is 0 Å². The Bertz CT molecular complexity index is 161. The molecule has 0 aliphatic carbocycles. The zero-order valence-electron chi connectivity index (χ0n) is 9.63. The molecule has 0 aromatic carbocycles. The van der Waals surface area contributed by atoms with Crippen LogP contribution < -0.4 is 5.32 Å². The second kappa shape index (κ2) is 29.3. The van der Waals surface area contributed by atoms with Crippen LogP contribution in [-0.2, 0) is 19.1 Å². The van der Waals surface area contributed by atoms with Gasteiger partial charge in [0.15, 0.2) is 0 Å². The fourth-order valence-electron chi connectivity index (χ4n) is 0. The monoisotopic (exact) mass is 253 g/mol. The highest BCUT2D eigenvalue weighted by molar-refractivity contribution is 5.72. The number of methoxy groups -OCH3 is 1. The summed E-state index contributed by atoms with van der Waals surface area (Å²) in [7, 11) is 2.95. The molecule has 0 atom stereocenters. The summed E-state index contributed by atoms with van der Waals surface area (Å²) in [5, 5.41) is 2.39. The first-order valence-electron chi connectivity index (χ1n) is 3.97. The van der Waals surface area contributed by atoms with Crippen molar-refractivity contribution >= 4 is 17.7 Å². The number of carbonyl (C=O) groups excluding carboxylic acids is 3. The molecule has 0 rings (SSSR count). The van der Waals surface area contributed by atoms with Crippen LogP contribution in [0.4, 0.5) is 0 Å². The molecule has 108 valence electrons. The molecule has 0 aliphatic heterocycles. The summed E-state index contributed by atoms with van der Waals surface area (Å²) >= 11 is 0. The maximum atomic E-state index is 9.70. The predicted molar refractivity (Wildman–Crippen MR) is 74.0 cm³/mol. The first-order valence-corrected chi connectivity index (χ1v) is 3.97. The number of rotatable bonds is 0. The van der Waals surface area contributed by atoms with Crippen LogP contribution in [0.25, 0.3) is 0 Å².